The van der Waals surface area contributed by atoms with Gasteiger partial charge in [0.05, 0.1) is 13.2 Å². The molecule has 92 valence electrons. The van der Waals surface area contributed by atoms with Crippen molar-refractivity contribution >= 4 is 5.96 Å². The highest BCUT2D eigenvalue weighted by molar-refractivity contribution is 5.78. The average Bonchev–Trinajstić information content (AvgIpc) is 2.67. The maximum atomic E-state index is 5.80. The van der Waals surface area contributed by atoms with Crippen molar-refractivity contribution < 1.29 is 4.74 Å². The molecule has 0 aromatic carbocycles. The molecule has 1 aliphatic heterocycles. The molecule has 2 aliphatic rings. The summed E-state index contributed by atoms with van der Waals surface area (Å²) in [6.07, 6.45) is 6.70. The number of nitrogens with two attached hydrogens (primary N) is 1. The van der Waals surface area contributed by atoms with Gasteiger partial charge in [0.15, 0.2) is 5.96 Å². The number of aliphatic imine (C=N–C) groups is 1. The normalized spacial score (nSPS) is 22.5. The van der Waals surface area contributed by atoms with E-state index in [4.69, 9.17) is 10.5 Å². The maximum absolute atomic E-state index is 5.80. The summed E-state index contributed by atoms with van der Waals surface area (Å²) < 4.78 is 5.62. The third-order valence-electron chi connectivity index (χ3n) is 3.52. The van der Waals surface area contributed by atoms with Crippen LogP contribution < -0.4 is 5.73 Å². The van der Waals surface area contributed by atoms with Crippen LogP contribution in [0.2, 0.25) is 0 Å². The molecular weight excluding hydrogens is 202 g/mol. The van der Waals surface area contributed by atoms with E-state index in [9.17, 15) is 0 Å². The standard InChI is InChI=1S/C12H23N3O/c13-12(15-7-3-8-15)14-6-9-16-10-11-4-1-2-5-11/h11H,1-10H2,(H2,13,14). The second kappa shape index (κ2) is 6.09. The minimum absolute atomic E-state index is 0.690. The molecule has 2 fully saturated rings. The van der Waals surface area contributed by atoms with Crippen molar-refractivity contribution in [2.45, 2.75) is 32.1 Å². The summed E-state index contributed by atoms with van der Waals surface area (Å²) in [4.78, 5) is 6.41. The first kappa shape index (κ1) is 11.7. The predicted molar refractivity (Wildman–Crippen MR) is 65.5 cm³/mol. The van der Waals surface area contributed by atoms with Crippen molar-refractivity contribution in [1.82, 2.24) is 4.90 Å². The second-order valence-corrected chi connectivity index (χ2v) is 4.81. The number of guanidine groups is 1. The summed E-state index contributed by atoms with van der Waals surface area (Å²) >= 11 is 0. The number of hydrogen-bond donors (Lipinski definition) is 1. The third kappa shape index (κ3) is 3.37. The Labute approximate surface area is 97.9 Å². The molecule has 1 aliphatic carbocycles. The average molecular weight is 225 g/mol. The number of nitrogens with zero attached hydrogens (tertiary/aromatic N) is 2. The van der Waals surface area contributed by atoms with Gasteiger partial charge in [0.25, 0.3) is 0 Å². The number of ether oxygens (including phenoxy) is 1. The van der Waals surface area contributed by atoms with Gasteiger partial charge in [-0.15, -0.1) is 0 Å². The Morgan fingerprint density at radius 3 is 2.62 bits per heavy atom. The monoisotopic (exact) mass is 225 g/mol. The van der Waals surface area contributed by atoms with E-state index in [0.29, 0.717) is 19.1 Å². The van der Waals surface area contributed by atoms with Crippen LogP contribution in [0.1, 0.15) is 32.1 Å². The van der Waals surface area contributed by atoms with E-state index >= 15 is 0 Å². The van der Waals surface area contributed by atoms with Gasteiger partial charge in [-0.3, -0.25) is 4.99 Å². The van der Waals surface area contributed by atoms with Crippen molar-refractivity contribution in [3.05, 3.63) is 0 Å². The molecule has 0 atom stereocenters. The maximum Gasteiger partial charge on any atom is 0.191 e. The molecular formula is C12H23N3O. The summed E-state index contributed by atoms with van der Waals surface area (Å²) in [6, 6.07) is 0. The highest BCUT2D eigenvalue weighted by Crippen LogP contribution is 2.24. The van der Waals surface area contributed by atoms with Crippen LogP contribution in [0, 0.1) is 5.92 Å². The van der Waals surface area contributed by atoms with E-state index in [0.717, 1.165) is 25.6 Å². The van der Waals surface area contributed by atoms with Crippen LogP contribution in [0.3, 0.4) is 0 Å². The van der Waals surface area contributed by atoms with Gasteiger partial charge in [0, 0.05) is 19.7 Å². The minimum atomic E-state index is 0.690. The zero-order valence-corrected chi connectivity index (χ0v) is 10.0. The molecule has 4 heteroatoms. The quantitative estimate of drug-likeness (QED) is 0.435. The second-order valence-electron chi connectivity index (χ2n) is 4.81. The molecule has 1 heterocycles. The van der Waals surface area contributed by atoms with Gasteiger partial charge in [-0.1, -0.05) is 12.8 Å². The molecule has 1 saturated heterocycles. The zero-order chi connectivity index (χ0) is 11.2. The SMILES string of the molecule is NC(=NCCOCC1CCCC1)N1CCC1. The van der Waals surface area contributed by atoms with E-state index < -0.39 is 0 Å². The Kier molecular flexibility index (Phi) is 4.45. The van der Waals surface area contributed by atoms with Crippen molar-refractivity contribution in [3.8, 4) is 0 Å². The summed E-state index contributed by atoms with van der Waals surface area (Å²) in [7, 11) is 0. The largest absolute Gasteiger partial charge is 0.379 e. The first-order valence-corrected chi connectivity index (χ1v) is 6.49. The van der Waals surface area contributed by atoms with Gasteiger partial charge in [-0.05, 0) is 25.2 Å². The van der Waals surface area contributed by atoms with Crippen molar-refractivity contribution in [3.63, 3.8) is 0 Å². The van der Waals surface area contributed by atoms with Crippen LogP contribution in [0.4, 0.5) is 0 Å². The molecule has 4 nitrogen and oxygen atoms in total. The molecule has 2 N–H and O–H groups in total. The van der Waals surface area contributed by atoms with Crippen molar-refractivity contribution in [1.29, 1.82) is 0 Å². The molecule has 0 radical (unpaired) electrons. The zero-order valence-electron chi connectivity index (χ0n) is 10.0. The Balaban J connectivity index is 1.50. The van der Waals surface area contributed by atoms with Crippen LogP contribution in [0.5, 0.6) is 0 Å². The van der Waals surface area contributed by atoms with E-state index in [1.54, 1.807) is 0 Å². The van der Waals surface area contributed by atoms with Crippen molar-refractivity contribution in [2.75, 3.05) is 32.8 Å². The van der Waals surface area contributed by atoms with Gasteiger partial charge < -0.3 is 15.4 Å². The van der Waals surface area contributed by atoms with Gasteiger partial charge in [0.2, 0.25) is 0 Å². The molecule has 0 aromatic heterocycles. The lowest BCUT2D eigenvalue weighted by molar-refractivity contribution is 0.107. The smallest absolute Gasteiger partial charge is 0.191 e. The summed E-state index contributed by atoms with van der Waals surface area (Å²) in [5.74, 6) is 1.49. The Bertz CT molecular complexity index is 232. The van der Waals surface area contributed by atoms with Gasteiger partial charge in [0.1, 0.15) is 0 Å². The molecule has 16 heavy (non-hydrogen) atoms. The first-order valence-electron chi connectivity index (χ1n) is 6.49. The van der Waals surface area contributed by atoms with E-state index in [1.807, 2.05) is 0 Å². The van der Waals surface area contributed by atoms with Crippen LogP contribution in [0.25, 0.3) is 0 Å². The van der Waals surface area contributed by atoms with Gasteiger partial charge >= 0.3 is 0 Å². The summed E-state index contributed by atoms with van der Waals surface area (Å²) in [5, 5.41) is 0. The summed E-state index contributed by atoms with van der Waals surface area (Å²) in [6.45, 7) is 4.47. The van der Waals surface area contributed by atoms with Gasteiger partial charge in [-0.25, -0.2) is 0 Å². The van der Waals surface area contributed by atoms with Crippen LogP contribution >= 0.6 is 0 Å². The van der Waals surface area contributed by atoms with Crippen LogP contribution in [-0.4, -0.2) is 43.7 Å². The third-order valence-corrected chi connectivity index (χ3v) is 3.52. The lowest BCUT2D eigenvalue weighted by Crippen LogP contribution is -2.46. The molecule has 0 unspecified atom stereocenters. The van der Waals surface area contributed by atoms with E-state index in [1.165, 1.54) is 32.1 Å². The summed E-state index contributed by atoms with van der Waals surface area (Å²) in [5.41, 5.74) is 5.80. The fourth-order valence-electron chi connectivity index (χ4n) is 2.30. The molecule has 0 spiro atoms. The van der Waals surface area contributed by atoms with Crippen LogP contribution in [-0.2, 0) is 4.74 Å². The van der Waals surface area contributed by atoms with E-state index in [2.05, 4.69) is 9.89 Å². The molecule has 0 bridgehead atoms. The predicted octanol–water partition coefficient (Wildman–Crippen LogP) is 1.21. The fourth-order valence-corrected chi connectivity index (χ4v) is 2.30. The highest BCUT2D eigenvalue weighted by Gasteiger charge is 2.16. The Morgan fingerprint density at radius 1 is 1.25 bits per heavy atom. The van der Waals surface area contributed by atoms with Gasteiger partial charge in [-0.2, -0.15) is 0 Å². The first-order chi connectivity index (χ1) is 7.86. The molecule has 2 rings (SSSR count). The lowest BCUT2D eigenvalue weighted by atomic mass is 10.1. The van der Waals surface area contributed by atoms with Crippen molar-refractivity contribution in [2.24, 2.45) is 16.6 Å². The number of rotatable bonds is 5. The fraction of sp³-hybridized carbons (Fsp3) is 0.917. The molecule has 0 amide bonds. The molecule has 0 aromatic rings. The van der Waals surface area contributed by atoms with Crippen LogP contribution in [0.15, 0.2) is 4.99 Å². The lowest BCUT2D eigenvalue weighted by Gasteiger charge is -2.31. The minimum Gasteiger partial charge on any atom is -0.379 e. The topological polar surface area (TPSA) is 50.9 Å². The number of likely N-dealkylation sites (tertiary alicyclic amines) is 1. The van der Waals surface area contributed by atoms with E-state index in [-0.39, 0.29) is 0 Å². The Morgan fingerprint density at radius 2 is 2.00 bits per heavy atom. The highest BCUT2D eigenvalue weighted by atomic mass is 16.5. The molecule has 1 saturated carbocycles. The number of hydrogen-bond acceptors (Lipinski definition) is 2. The Hall–Kier alpha value is -0.770.